The highest BCUT2D eigenvalue weighted by molar-refractivity contribution is 6.01. The van der Waals surface area contributed by atoms with Gasteiger partial charge in [-0.1, -0.05) is 17.7 Å². The summed E-state index contributed by atoms with van der Waals surface area (Å²) in [6.07, 6.45) is 1.72. The van der Waals surface area contributed by atoms with Crippen molar-refractivity contribution in [1.29, 1.82) is 0 Å². The number of Topliss-reactive ketones (excluding diaryl/α,β-unsaturated/α-hetero) is 1. The summed E-state index contributed by atoms with van der Waals surface area (Å²) in [5.74, 6) is 0.922. The van der Waals surface area contributed by atoms with Crippen molar-refractivity contribution in [3.8, 4) is 11.5 Å². The van der Waals surface area contributed by atoms with E-state index in [2.05, 4.69) is 0 Å². The van der Waals surface area contributed by atoms with E-state index in [0.717, 1.165) is 11.3 Å². The first-order chi connectivity index (χ1) is 15.9. The van der Waals surface area contributed by atoms with Gasteiger partial charge in [-0.3, -0.25) is 14.4 Å². The van der Waals surface area contributed by atoms with Crippen LogP contribution in [-0.2, 0) is 9.59 Å². The average molecular weight is 449 g/mol. The van der Waals surface area contributed by atoms with Crippen LogP contribution in [0.5, 0.6) is 11.5 Å². The molecule has 3 aliphatic heterocycles. The van der Waals surface area contributed by atoms with Gasteiger partial charge in [0.25, 0.3) is 0 Å². The highest BCUT2D eigenvalue weighted by Crippen LogP contribution is 2.41. The van der Waals surface area contributed by atoms with Gasteiger partial charge in [-0.15, -0.1) is 0 Å². The van der Waals surface area contributed by atoms with Crippen LogP contribution < -0.4 is 14.4 Å². The minimum absolute atomic E-state index is 0.0111. The summed E-state index contributed by atoms with van der Waals surface area (Å²) >= 11 is 0. The number of aryl methyl sites for hydroxylation is 1. The summed E-state index contributed by atoms with van der Waals surface area (Å²) < 4.78 is 11.6. The summed E-state index contributed by atoms with van der Waals surface area (Å²) in [6, 6.07) is 13.1. The predicted octanol–water partition coefficient (Wildman–Crippen LogP) is 3.38. The van der Waals surface area contributed by atoms with Gasteiger partial charge in [-0.2, -0.15) is 0 Å². The zero-order valence-electron chi connectivity index (χ0n) is 19.0. The zero-order chi connectivity index (χ0) is 23.2. The molecule has 7 nitrogen and oxygen atoms in total. The molecule has 3 heterocycles. The van der Waals surface area contributed by atoms with Crippen LogP contribution in [0, 0.1) is 12.8 Å². The first kappa shape index (κ1) is 21.5. The molecule has 0 radical (unpaired) electrons. The lowest BCUT2D eigenvalue weighted by molar-refractivity contribution is -0.139. The molecule has 172 valence electrons. The number of amides is 2. The van der Waals surface area contributed by atoms with E-state index in [1.807, 2.05) is 36.1 Å². The Balaban J connectivity index is 1.24. The number of benzene rings is 2. The largest absolute Gasteiger partial charge is 0.497 e. The zero-order valence-corrected chi connectivity index (χ0v) is 19.0. The third-order valence-electron chi connectivity index (χ3n) is 7.10. The second-order valence-corrected chi connectivity index (χ2v) is 9.31. The van der Waals surface area contributed by atoms with Gasteiger partial charge in [-0.05, 0) is 31.2 Å². The minimum Gasteiger partial charge on any atom is -0.497 e. The van der Waals surface area contributed by atoms with Gasteiger partial charge in [0.05, 0.1) is 25.0 Å². The van der Waals surface area contributed by atoms with Crippen molar-refractivity contribution < 1.29 is 23.9 Å². The number of anilines is 1. The molecule has 5 rings (SSSR count). The maximum absolute atomic E-state index is 13.2. The number of rotatable bonds is 3. The van der Waals surface area contributed by atoms with Crippen LogP contribution >= 0.6 is 0 Å². The maximum Gasteiger partial charge on any atom is 0.228 e. The molecule has 0 saturated carbocycles. The van der Waals surface area contributed by atoms with Crippen molar-refractivity contribution in [3.05, 3.63) is 53.6 Å². The van der Waals surface area contributed by atoms with Crippen LogP contribution in [0.4, 0.5) is 5.69 Å². The summed E-state index contributed by atoms with van der Waals surface area (Å²) in [7, 11) is 1.58. The van der Waals surface area contributed by atoms with Crippen molar-refractivity contribution in [2.75, 3.05) is 31.6 Å². The van der Waals surface area contributed by atoms with E-state index in [0.29, 0.717) is 56.0 Å². The third kappa shape index (κ3) is 3.96. The summed E-state index contributed by atoms with van der Waals surface area (Å²) in [6.45, 7) is 3.44. The van der Waals surface area contributed by atoms with E-state index in [9.17, 15) is 14.4 Å². The van der Waals surface area contributed by atoms with Gasteiger partial charge in [-0.25, -0.2) is 0 Å². The molecule has 3 aliphatic rings. The predicted molar refractivity (Wildman–Crippen MR) is 123 cm³/mol. The number of fused-ring (bicyclic) bond motifs is 1. The number of methoxy groups -OCH3 is 1. The molecular weight excluding hydrogens is 420 g/mol. The number of nitrogens with zero attached hydrogens (tertiary/aromatic N) is 2. The van der Waals surface area contributed by atoms with E-state index in [1.165, 1.54) is 0 Å². The van der Waals surface area contributed by atoms with E-state index in [4.69, 9.17) is 9.47 Å². The Bertz CT molecular complexity index is 1100. The number of carbonyl (C=O) groups is 3. The maximum atomic E-state index is 13.2. The first-order valence-electron chi connectivity index (χ1n) is 11.4. The molecule has 1 unspecified atom stereocenters. The molecule has 7 heteroatoms. The average Bonchev–Trinajstić information content (AvgIpc) is 3.20. The fourth-order valence-electron chi connectivity index (χ4n) is 5.12. The molecule has 1 atom stereocenters. The number of hydrogen-bond acceptors (Lipinski definition) is 5. The van der Waals surface area contributed by atoms with Crippen LogP contribution in [0.15, 0.2) is 42.5 Å². The quantitative estimate of drug-likeness (QED) is 0.720. The topological polar surface area (TPSA) is 76.2 Å². The molecule has 0 aliphatic carbocycles. The lowest BCUT2D eigenvalue weighted by Gasteiger charge is -2.44. The Morgan fingerprint density at radius 1 is 1.09 bits per heavy atom. The molecule has 2 fully saturated rings. The lowest BCUT2D eigenvalue weighted by atomic mass is 9.82. The standard InChI is InChI=1S/C26H28N2O5/c1-17-3-5-19(6-4-17)28-16-18(13-24(28)30)25(31)27-11-9-26(10-12-27)15-22(29)21-8-7-20(32-2)14-23(21)33-26/h3-8,14,18H,9-13,15-16H2,1-2H3. The Labute approximate surface area is 193 Å². The Morgan fingerprint density at radius 2 is 1.82 bits per heavy atom. The Kier molecular flexibility index (Phi) is 5.35. The summed E-state index contributed by atoms with van der Waals surface area (Å²) in [5.41, 5.74) is 1.96. The molecular formula is C26H28N2O5. The van der Waals surface area contributed by atoms with Gasteiger partial charge in [0.1, 0.15) is 17.1 Å². The van der Waals surface area contributed by atoms with Gasteiger partial charge < -0.3 is 19.3 Å². The third-order valence-corrected chi connectivity index (χ3v) is 7.10. The number of hydrogen-bond donors (Lipinski definition) is 0. The van der Waals surface area contributed by atoms with Crippen molar-refractivity contribution >= 4 is 23.3 Å². The smallest absolute Gasteiger partial charge is 0.228 e. The number of carbonyl (C=O) groups excluding carboxylic acids is 3. The lowest BCUT2D eigenvalue weighted by Crippen LogP contribution is -2.53. The molecule has 2 aromatic rings. The van der Waals surface area contributed by atoms with Crippen LogP contribution in [0.1, 0.15) is 41.6 Å². The normalized spacial score (nSPS) is 21.7. The van der Waals surface area contributed by atoms with Crippen LogP contribution in [-0.4, -0.2) is 54.8 Å². The Morgan fingerprint density at radius 3 is 2.52 bits per heavy atom. The van der Waals surface area contributed by atoms with E-state index < -0.39 is 5.60 Å². The minimum atomic E-state index is -0.591. The van der Waals surface area contributed by atoms with Crippen molar-refractivity contribution in [1.82, 2.24) is 4.90 Å². The molecule has 2 amide bonds. The number of ether oxygens (including phenoxy) is 2. The number of ketones is 1. The molecule has 0 bridgehead atoms. The molecule has 1 spiro atoms. The van der Waals surface area contributed by atoms with Gasteiger partial charge in [0.15, 0.2) is 5.78 Å². The van der Waals surface area contributed by atoms with Crippen molar-refractivity contribution in [3.63, 3.8) is 0 Å². The fraction of sp³-hybridized carbons (Fsp3) is 0.423. The van der Waals surface area contributed by atoms with E-state index in [1.54, 1.807) is 30.2 Å². The highest BCUT2D eigenvalue weighted by atomic mass is 16.5. The SMILES string of the molecule is COc1ccc2c(c1)OC1(CCN(C(=O)C3CC(=O)N(c4ccc(C)cc4)C3)CC1)CC2=O. The number of piperidine rings is 1. The first-order valence-corrected chi connectivity index (χ1v) is 11.4. The monoisotopic (exact) mass is 448 g/mol. The Hall–Kier alpha value is -3.35. The van der Waals surface area contributed by atoms with Crippen molar-refractivity contribution in [2.45, 2.75) is 38.2 Å². The molecule has 2 aromatic carbocycles. The molecule has 33 heavy (non-hydrogen) atoms. The van der Waals surface area contributed by atoms with Crippen LogP contribution in [0.2, 0.25) is 0 Å². The summed E-state index contributed by atoms with van der Waals surface area (Å²) in [4.78, 5) is 42.1. The number of likely N-dealkylation sites (tertiary alicyclic amines) is 1. The van der Waals surface area contributed by atoms with Gasteiger partial charge in [0, 0.05) is 50.7 Å². The molecule has 2 saturated heterocycles. The molecule has 0 aromatic heterocycles. The second-order valence-electron chi connectivity index (χ2n) is 9.31. The van der Waals surface area contributed by atoms with Crippen LogP contribution in [0.3, 0.4) is 0 Å². The van der Waals surface area contributed by atoms with Crippen molar-refractivity contribution in [2.24, 2.45) is 5.92 Å². The summed E-state index contributed by atoms with van der Waals surface area (Å²) in [5, 5.41) is 0. The van der Waals surface area contributed by atoms with E-state index >= 15 is 0 Å². The second kappa shape index (κ2) is 8.21. The van der Waals surface area contributed by atoms with Crippen LogP contribution in [0.25, 0.3) is 0 Å². The van der Waals surface area contributed by atoms with E-state index in [-0.39, 0.29) is 29.9 Å². The van der Waals surface area contributed by atoms with Gasteiger partial charge in [0.2, 0.25) is 11.8 Å². The van der Waals surface area contributed by atoms with Gasteiger partial charge >= 0.3 is 0 Å². The highest BCUT2D eigenvalue weighted by Gasteiger charge is 2.45. The fourth-order valence-corrected chi connectivity index (χ4v) is 5.12. The molecule has 0 N–H and O–H groups in total.